The lowest BCUT2D eigenvalue weighted by atomic mass is 10.0. The highest BCUT2D eigenvalue weighted by atomic mass is 31.1. The molecule has 0 heterocycles. The quantitative estimate of drug-likeness (QED) is 0.475. The van der Waals surface area contributed by atoms with Crippen molar-refractivity contribution in [3.05, 3.63) is 60.0 Å². The molecule has 1 aliphatic carbocycles. The van der Waals surface area contributed by atoms with Gasteiger partial charge in [0.15, 0.2) is 0 Å². The third-order valence-electron chi connectivity index (χ3n) is 2.10. The summed E-state index contributed by atoms with van der Waals surface area (Å²) in [6.45, 7) is 6.12. The number of hydrogen-bond donors (Lipinski definition) is 0. The average Bonchev–Trinajstić information content (AvgIpc) is 2.17. The molecule has 0 aliphatic heterocycles. The van der Waals surface area contributed by atoms with Gasteiger partial charge in [-0.2, -0.15) is 0 Å². The van der Waals surface area contributed by atoms with Crippen molar-refractivity contribution in [3.63, 3.8) is 0 Å². The largest absolute Gasteiger partial charge is 0.0912 e. The van der Waals surface area contributed by atoms with Gasteiger partial charge in [-0.05, 0) is 36.7 Å². The van der Waals surface area contributed by atoms with Crippen LogP contribution < -0.4 is 0 Å². The lowest BCUT2D eigenvalue weighted by Gasteiger charge is -2.02. The number of allylic oxidation sites excluding steroid dienone is 8. The molecule has 0 aromatic carbocycles. The van der Waals surface area contributed by atoms with Crippen LogP contribution in [0.15, 0.2) is 60.0 Å². The Hall–Kier alpha value is -1.13. The summed E-state index contributed by atoms with van der Waals surface area (Å²) >= 11 is 0. The van der Waals surface area contributed by atoms with E-state index in [2.05, 4.69) is 61.6 Å². The second-order valence-corrected chi connectivity index (χ2v) is 4.39. The van der Waals surface area contributed by atoms with Gasteiger partial charge in [-0.15, -0.1) is 0 Å². The summed E-state index contributed by atoms with van der Waals surface area (Å²) in [5, 5.41) is 0. The summed E-state index contributed by atoms with van der Waals surface area (Å²) in [5.41, 5.74) is 2.33. The Morgan fingerprint density at radius 3 is 3.07 bits per heavy atom. The Kier molecular flexibility index (Phi) is 5.73. The average molecular weight is 216 g/mol. The van der Waals surface area contributed by atoms with Crippen LogP contribution in [-0.4, -0.2) is 5.80 Å². The number of rotatable bonds is 3. The first kappa shape index (κ1) is 11.9. The highest BCUT2D eigenvalue weighted by Crippen LogP contribution is 2.16. The molecule has 0 atom stereocenters. The maximum Gasteiger partial charge on any atom is -0.0230 e. The first-order valence-corrected chi connectivity index (χ1v) is 6.25. The SMILES string of the molecule is C=C(/C=C\P=C/C)C1=C/CC/C=C/C=C\1. The van der Waals surface area contributed by atoms with Gasteiger partial charge in [0, 0.05) is 0 Å². The maximum absolute atomic E-state index is 4.07. The minimum absolute atomic E-state index is 1.09. The molecule has 0 spiro atoms. The van der Waals surface area contributed by atoms with Crippen molar-refractivity contribution < 1.29 is 0 Å². The van der Waals surface area contributed by atoms with Crippen LogP contribution in [0.3, 0.4) is 0 Å². The Morgan fingerprint density at radius 1 is 1.40 bits per heavy atom. The Labute approximate surface area is 94.2 Å². The molecule has 1 aliphatic rings. The first-order chi connectivity index (χ1) is 7.34. The molecule has 0 saturated heterocycles. The van der Waals surface area contributed by atoms with Gasteiger partial charge in [-0.25, -0.2) is 0 Å². The van der Waals surface area contributed by atoms with Gasteiger partial charge in [0.1, 0.15) is 0 Å². The van der Waals surface area contributed by atoms with E-state index in [0.29, 0.717) is 0 Å². The molecule has 78 valence electrons. The second-order valence-electron chi connectivity index (χ2n) is 3.27. The Morgan fingerprint density at radius 2 is 2.27 bits per heavy atom. The standard InChI is InChI=1S/C14H17P/c1-3-15-12-11-13(2)14-9-7-5-4-6-8-10-14/h3-5,7,9-12H,2,6,8H2,1H3/b5-4+,9-7-,12-11-,14-10+. The highest BCUT2D eigenvalue weighted by molar-refractivity contribution is 7.41. The van der Waals surface area contributed by atoms with E-state index in [1.54, 1.807) is 0 Å². The van der Waals surface area contributed by atoms with E-state index < -0.39 is 0 Å². The van der Waals surface area contributed by atoms with Gasteiger partial charge < -0.3 is 0 Å². The zero-order valence-electron chi connectivity index (χ0n) is 9.19. The van der Waals surface area contributed by atoms with Crippen LogP contribution in [-0.2, 0) is 0 Å². The second kappa shape index (κ2) is 7.20. The van der Waals surface area contributed by atoms with E-state index in [1.165, 1.54) is 13.8 Å². The topological polar surface area (TPSA) is 0 Å². The van der Waals surface area contributed by atoms with Gasteiger partial charge in [-0.1, -0.05) is 57.0 Å². The van der Waals surface area contributed by atoms with Crippen molar-refractivity contribution in [1.82, 2.24) is 0 Å². The van der Waals surface area contributed by atoms with Crippen LogP contribution in [0.4, 0.5) is 0 Å². The number of hydrogen-bond acceptors (Lipinski definition) is 0. The maximum atomic E-state index is 4.07. The van der Waals surface area contributed by atoms with Gasteiger partial charge in [0.05, 0.1) is 0 Å². The zero-order valence-corrected chi connectivity index (χ0v) is 10.1. The minimum atomic E-state index is 1.09. The predicted molar refractivity (Wildman–Crippen MR) is 72.5 cm³/mol. The van der Waals surface area contributed by atoms with Crippen LogP contribution in [0.2, 0.25) is 0 Å². The molecule has 0 amide bonds. The normalized spacial score (nSPS) is 24.5. The molecule has 0 bridgehead atoms. The minimum Gasteiger partial charge on any atom is -0.0912 e. The van der Waals surface area contributed by atoms with E-state index >= 15 is 0 Å². The van der Waals surface area contributed by atoms with Gasteiger partial charge in [-0.3, -0.25) is 0 Å². The predicted octanol–water partition coefficient (Wildman–Crippen LogP) is 4.66. The van der Waals surface area contributed by atoms with Crippen LogP contribution >= 0.6 is 8.20 Å². The smallest absolute Gasteiger partial charge is 0.0230 e. The molecule has 0 aromatic heterocycles. The van der Waals surface area contributed by atoms with E-state index in [4.69, 9.17) is 0 Å². The third-order valence-corrected chi connectivity index (χ3v) is 2.72. The molecule has 0 nitrogen and oxygen atoms in total. The molecule has 0 aromatic rings. The molecule has 0 unspecified atom stereocenters. The van der Waals surface area contributed by atoms with Crippen LogP contribution in [0.5, 0.6) is 0 Å². The molecule has 15 heavy (non-hydrogen) atoms. The third kappa shape index (κ3) is 4.76. The summed E-state index contributed by atoms with van der Waals surface area (Å²) < 4.78 is 0. The van der Waals surface area contributed by atoms with Gasteiger partial charge in [0.25, 0.3) is 0 Å². The molecule has 0 N–H and O–H groups in total. The highest BCUT2D eigenvalue weighted by Gasteiger charge is 1.95. The van der Waals surface area contributed by atoms with Gasteiger partial charge in [0.2, 0.25) is 0 Å². The lowest BCUT2D eigenvalue weighted by molar-refractivity contribution is 1.04. The monoisotopic (exact) mass is 216 g/mol. The summed E-state index contributed by atoms with van der Waals surface area (Å²) in [7, 11) is 1.23. The Bertz CT molecular complexity index is 352. The summed E-state index contributed by atoms with van der Waals surface area (Å²) in [4.78, 5) is 0. The molecular formula is C14H17P. The molecular weight excluding hydrogens is 199 g/mol. The van der Waals surface area contributed by atoms with Crippen LogP contribution in [0, 0.1) is 0 Å². The summed E-state index contributed by atoms with van der Waals surface area (Å²) in [6, 6.07) is 0. The molecule has 1 heteroatoms. The van der Waals surface area contributed by atoms with E-state index in [1.807, 2.05) is 0 Å². The lowest BCUT2D eigenvalue weighted by Crippen LogP contribution is -1.83. The summed E-state index contributed by atoms with van der Waals surface area (Å²) in [6.07, 6.45) is 15.0. The van der Waals surface area contributed by atoms with Crippen molar-refractivity contribution in [1.29, 1.82) is 0 Å². The van der Waals surface area contributed by atoms with Crippen LogP contribution in [0.1, 0.15) is 19.8 Å². The fraction of sp³-hybridized carbons (Fsp3) is 0.214. The fourth-order valence-corrected chi connectivity index (χ4v) is 1.73. The van der Waals surface area contributed by atoms with E-state index in [-0.39, 0.29) is 0 Å². The van der Waals surface area contributed by atoms with Crippen molar-refractivity contribution in [2.24, 2.45) is 0 Å². The van der Waals surface area contributed by atoms with Crippen molar-refractivity contribution >= 4 is 14.0 Å². The molecule has 1 rings (SSSR count). The summed E-state index contributed by atoms with van der Waals surface area (Å²) in [5.74, 6) is 4.22. The fourth-order valence-electron chi connectivity index (χ4n) is 1.29. The van der Waals surface area contributed by atoms with Crippen molar-refractivity contribution in [2.75, 3.05) is 0 Å². The van der Waals surface area contributed by atoms with Crippen molar-refractivity contribution in [2.45, 2.75) is 19.8 Å². The molecule has 0 fully saturated rings. The van der Waals surface area contributed by atoms with E-state index in [0.717, 1.165) is 18.4 Å². The molecule has 0 radical (unpaired) electrons. The Balaban J connectivity index is 2.69. The zero-order chi connectivity index (χ0) is 10.9. The molecule has 0 saturated carbocycles. The van der Waals surface area contributed by atoms with Crippen LogP contribution in [0.25, 0.3) is 0 Å². The van der Waals surface area contributed by atoms with Gasteiger partial charge >= 0.3 is 0 Å². The van der Waals surface area contributed by atoms with Crippen molar-refractivity contribution in [3.8, 4) is 0 Å². The van der Waals surface area contributed by atoms with E-state index in [9.17, 15) is 0 Å². The first-order valence-electron chi connectivity index (χ1n) is 5.21.